The molecule has 2 nitrogen and oxygen atoms in total. The van der Waals surface area contributed by atoms with Gasteiger partial charge in [0.2, 0.25) is 5.78 Å². The standard InChI is InChI=1S/C14H16O2/c1-2-11-7-3-4-8-12(11)14(15)13-9-5-6-10-16-13/h3-4,7-9H,2,5-6,10H2,1H3. The third kappa shape index (κ3) is 2.16. The van der Waals surface area contributed by atoms with Crippen LogP contribution in [0.15, 0.2) is 36.1 Å². The van der Waals surface area contributed by atoms with Gasteiger partial charge in [0.05, 0.1) is 6.61 Å². The summed E-state index contributed by atoms with van der Waals surface area (Å²) in [6.45, 7) is 2.72. The second-order valence-electron chi connectivity index (χ2n) is 3.90. The third-order valence-electron chi connectivity index (χ3n) is 2.80. The van der Waals surface area contributed by atoms with Crippen molar-refractivity contribution in [3.8, 4) is 0 Å². The van der Waals surface area contributed by atoms with Gasteiger partial charge in [-0.05, 0) is 30.9 Å². The highest BCUT2D eigenvalue weighted by atomic mass is 16.5. The molecule has 1 aliphatic rings. The topological polar surface area (TPSA) is 26.3 Å². The fourth-order valence-electron chi connectivity index (χ4n) is 1.90. The molecule has 0 spiro atoms. The lowest BCUT2D eigenvalue weighted by atomic mass is 9.99. The fourth-order valence-corrected chi connectivity index (χ4v) is 1.90. The maximum Gasteiger partial charge on any atom is 0.227 e. The summed E-state index contributed by atoms with van der Waals surface area (Å²) in [5, 5.41) is 0. The van der Waals surface area contributed by atoms with Gasteiger partial charge in [0.1, 0.15) is 0 Å². The number of hydrogen-bond donors (Lipinski definition) is 0. The van der Waals surface area contributed by atoms with Crippen LogP contribution >= 0.6 is 0 Å². The Hall–Kier alpha value is -1.57. The Labute approximate surface area is 95.9 Å². The molecule has 0 atom stereocenters. The van der Waals surface area contributed by atoms with Crippen molar-refractivity contribution in [1.82, 2.24) is 0 Å². The van der Waals surface area contributed by atoms with Crippen molar-refractivity contribution in [1.29, 1.82) is 0 Å². The van der Waals surface area contributed by atoms with Gasteiger partial charge in [-0.3, -0.25) is 4.79 Å². The van der Waals surface area contributed by atoms with Crippen LogP contribution in [0.4, 0.5) is 0 Å². The molecule has 84 valence electrons. The zero-order valence-corrected chi connectivity index (χ0v) is 9.53. The van der Waals surface area contributed by atoms with E-state index in [9.17, 15) is 4.79 Å². The van der Waals surface area contributed by atoms with Crippen molar-refractivity contribution in [2.24, 2.45) is 0 Å². The average molecular weight is 216 g/mol. The minimum atomic E-state index is 0.0251. The van der Waals surface area contributed by atoms with Gasteiger partial charge >= 0.3 is 0 Å². The van der Waals surface area contributed by atoms with Crippen LogP contribution in [0, 0.1) is 0 Å². The van der Waals surface area contributed by atoms with E-state index in [1.165, 1.54) is 0 Å². The molecule has 0 saturated heterocycles. The summed E-state index contributed by atoms with van der Waals surface area (Å²) in [6, 6.07) is 7.73. The van der Waals surface area contributed by atoms with Crippen molar-refractivity contribution in [3.63, 3.8) is 0 Å². The number of benzene rings is 1. The Bertz CT molecular complexity index is 418. The zero-order valence-electron chi connectivity index (χ0n) is 9.53. The molecule has 1 aliphatic heterocycles. The molecule has 0 unspecified atom stereocenters. The predicted molar refractivity (Wildman–Crippen MR) is 63.4 cm³/mol. The van der Waals surface area contributed by atoms with E-state index in [1.54, 1.807) is 0 Å². The van der Waals surface area contributed by atoms with Gasteiger partial charge in [-0.15, -0.1) is 0 Å². The summed E-state index contributed by atoms with van der Waals surface area (Å²) in [4.78, 5) is 12.2. The average Bonchev–Trinajstić information content (AvgIpc) is 2.39. The largest absolute Gasteiger partial charge is 0.490 e. The zero-order chi connectivity index (χ0) is 11.4. The number of carbonyl (C=O) groups is 1. The molecule has 0 N–H and O–H groups in total. The smallest absolute Gasteiger partial charge is 0.227 e. The molecule has 0 aliphatic carbocycles. The molecule has 2 heteroatoms. The number of aryl methyl sites for hydroxylation is 1. The number of ether oxygens (including phenoxy) is 1. The fraction of sp³-hybridized carbons (Fsp3) is 0.357. The molecular formula is C14H16O2. The highest BCUT2D eigenvalue weighted by molar-refractivity contribution is 6.08. The van der Waals surface area contributed by atoms with E-state index in [0.717, 1.165) is 30.4 Å². The van der Waals surface area contributed by atoms with Crippen molar-refractivity contribution in [2.45, 2.75) is 26.2 Å². The molecular weight excluding hydrogens is 200 g/mol. The molecule has 0 bridgehead atoms. The lowest BCUT2D eigenvalue weighted by molar-refractivity contribution is 0.0898. The third-order valence-corrected chi connectivity index (χ3v) is 2.80. The lowest BCUT2D eigenvalue weighted by Crippen LogP contribution is -2.13. The summed E-state index contributed by atoms with van der Waals surface area (Å²) in [5.74, 6) is 0.546. The normalized spacial score (nSPS) is 15.2. The van der Waals surface area contributed by atoms with Crippen molar-refractivity contribution in [2.75, 3.05) is 6.61 Å². The van der Waals surface area contributed by atoms with Crippen molar-refractivity contribution >= 4 is 5.78 Å². The van der Waals surface area contributed by atoms with Gasteiger partial charge in [-0.2, -0.15) is 0 Å². The van der Waals surface area contributed by atoms with E-state index >= 15 is 0 Å². The first-order chi connectivity index (χ1) is 7.83. The Kier molecular flexibility index (Phi) is 3.40. The van der Waals surface area contributed by atoms with E-state index in [2.05, 4.69) is 6.92 Å². The minimum absolute atomic E-state index is 0.0251. The molecule has 0 fully saturated rings. The van der Waals surface area contributed by atoms with Gasteiger partial charge in [-0.1, -0.05) is 31.2 Å². The SMILES string of the molecule is CCc1ccccc1C(=O)C1=CCCCO1. The maximum atomic E-state index is 12.2. The molecule has 0 radical (unpaired) electrons. The number of ketones is 1. The number of allylic oxidation sites excluding steroid dienone is 2. The van der Waals surface area contributed by atoms with Crippen LogP contribution in [0.3, 0.4) is 0 Å². The Balaban J connectivity index is 2.29. The van der Waals surface area contributed by atoms with E-state index in [0.29, 0.717) is 12.4 Å². The van der Waals surface area contributed by atoms with Crippen LogP contribution in [0.1, 0.15) is 35.7 Å². The summed E-state index contributed by atoms with van der Waals surface area (Å²) in [6.07, 6.45) is 4.72. The first-order valence-electron chi connectivity index (χ1n) is 5.78. The van der Waals surface area contributed by atoms with E-state index in [-0.39, 0.29) is 5.78 Å². The summed E-state index contributed by atoms with van der Waals surface area (Å²) < 4.78 is 5.41. The first kappa shape index (κ1) is 10.9. The molecule has 0 amide bonds. The summed E-state index contributed by atoms with van der Waals surface area (Å²) >= 11 is 0. The molecule has 0 aromatic heterocycles. The second-order valence-corrected chi connectivity index (χ2v) is 3.90. The minimum Gasteiger partial charge on any atom is -0.490 e. The monoisotopic (exact) mass is 216 g/mol. The van der Waals surface area contributed by atoms with Crippen LogP contribution in [-0.2, 0) is 11.2 Å². The van der Waals surface area contributed by atoms with Gasteiger partial charge in [-0.25, -0.2) is 0 Å². The van der Waals surface area contributed by atoms with Crippen LogP contribution in [0.5, 0.6) is 0 Å². The van der Waals surface area contributed by atoms with Crippen LogP contribution in [-0.4, -0.2) is 12.4 Å². The highest BCUT2D eigenvalue weighted by Crippen LogP contribution is 2.18. The lowest BCUT2D eigenvalue weighted by Gasteiger charge is -2.15. The predicted octanol–water partition coefficient (Wildman–Crippen LogP) is 3.13. The number of Topliss-reactive ketones (excluding diaryl/α,β-unsaturated/α-hetero) is 1. The quantitative estimate of drug-likeness (QED) is 0.725. The molecule has 16 heavy (non-hydrogen) atoms. The molecule has 1 aromatic rings. The molecule has 2 rings (SSSR count). The summed E-state index contributed by atoms with van der Waals surface area (Å²) in [7, 11) is 0. The Morgan fingerprint density at radius 3 is 2.88 bits per heavy atom. The Morgan fingerprint density at radius 2 is 2.19 bits per heavy atom. The maximum absolute atomic E-state index is 12.2. The molecule has 1 heterocycles. The van der Waals surface area contributed by atoms with E-state index in [1.807, 2.05) is 30.3 Å². The highest BCUT2D eigenvalue weighted by Gasteiger charge is 2.17. The van der Waals surface area contributed by atoms with Gasteiger partial charge in [0.25, 0.3) is 0 Å². The summed E-state index contributed by atoms with van der Waals surface area (Å²) in [5.41, 5.74) is 1.86. The Morgan fingerprint density at radius 1 is 1.38 bits per heavy atom. The number of carbonyl (C=O) groups excluding carboxylic acids is 1. The van der Waals surface area contributed by atoms with Gasteiger partial charge < -0.3 is 4.74 Å². The first-order valence-corrected chi connectivity index (χ1v) is 5.78. The molecule has 0 saturated carbocycles. The van der Waals surface area contributed by atoms with Crippen LogP contribution in [0.25, 0.3) is 0 Å². The molecule has 1 aromatic carbocycles. The van der Waals surface area contributed by atoms with E-state index in [4.69, 9.17) is 4.74 Å². The van der Waals surface area contributed by atoms with E-state index < -0.39 is 0 Å². The second kappa shape index (κ2) is 4.97. The van der Waals surface area contributed by atoms with Crippen LogP contribution < -0.4 is 0 Å². The number of rotatable bonds is 3. The van der Waals surface area contributed by atoms with Crippen LogP contribution in [0.2, 0.25) is 0 Å². The number of hydrogen-bond acceptors (Lipinski definition) is 2. The van der Waals surface area contributed by atoms with Gasteiger partial charge in [0.15, 0.2) is 5.76 Å². The van der Waals surface area contributed by atoms with Gasteiger partial charge in [0, 0.05) is 5.56 Å². The van der Waals surface area contributed by atoms with Crippen molar-refractivity contribution < 1.29 is 9.53 Å². The van der Waals surface area contributed by atoms with Crippen molar-refractivity contribution in [3.05, 3.63) is 47.2 Å².